The summed E-state index contributed by atoms with van der Waals surface area (Å²) in [6.45, 7) is 17.8. The van der Waals surface area contributed by atoms with E-state index in [9.17, 15) is 13.2 Å². The molecule has 0 aromatic carbocycles. The van der Waals surface area contributed by atoms with Crippen molar-refractivity contribution in [2.45, 2.75) is 67.9 Å². The first-order valence-electron chi connectivity index (χ1n) is 9.63. The molecule has 2 aliphatic rings. The van der Waals surface area contributed by atoms with Gasteiger partial charge >= 0.3 is 0 Å². The van der Waals surface area contributed by atoms with E-state index < -0.39 is 21.8 Å². The topological polar surface area (TPSA) is 78.8 Å². The maximum Gasteiger partial charge on any atom is 0.238 e. The van der Waals surface area contributed by atoms with Gasteiger partial charge in [0.05, 0.1) is 18.2 Å². The molecule has 7 heteroatoms. The maximum atomic E-state index is 12.6. The maximum absolute atomic E-state index is 12.6. The number of amides is 1. The Bertz CT molecular complexity index is 780. The molecule has 1 amide bonds. The van der Waals surface area contributed by atoms with Gasteiger partial charge in [-0.3, -0.25) is 14.5 Å². The summed E-state index contributed by atoms with van der Waals surface area (Å²) >= 11 is 0. The van der Waals surface area contributed by atoms with Gasteiger partial charge in [-0.25, -0.2) is 8.42 Å². The van der Waals surface area contributed by atoms with Crippen LogP contribution in [0.15, 0.2) is 16.3 Å². The molecule has 2 heterocycles. The van der Waals surface area contributed by atoms with E-state index in [1.165, 1.54) is 5.57 Å². The van der Waals surface area contributed by atoms with Crippen LogP contribution in [0.2, 0.25) is 0 Å². The fraction of sp³-hybridized carbons (Fsp3) is 0.800. The Balaban J connectivity index is 2.56. The van der Waals surface area contributed by atoms with Gasteiger partial charge in [-0.15, -0.1) is 0 Å². The molecule has 0 aliphatic carbocycles. The number of fused-ring (bicyclic) bond motifs is 1. The highest BCUT2D eigenvalue weighted by molar-refractivity contribution is 7.89. The smallest absolute Gasteiger partial charge is 0.238 e. The van der Waals surface area contributed by atoms with Crippen molar-refractivity contribution in [2.75, 3.05) is 12.8 Å². The number of rotatable bonds is 3. The number of hydrogen-bond donors (Lipinski definition) is 1. The predicted molar refractivity (Wildman–Crippen MR) is 110 cm³/mol. The number of allylic oxidation sites excluding steroid dienone is 1. The lowest BCUT2D eigenvalue weighted by Gasteiger charge is -2.43. The highest BCUT2D eigenvalue weighted by Gasteiger charge is 2.45. The van der Waals surface area contributed by atoms with Gasteiger partial charge in [0.2, 0.25) is 15.9 Å². The number of nitrogens with zero attached hydrogens (tertiary/aromatic N) is 2. The molecule has 0 aromatic rings. The summed E-state index contributed by atoms with van der Waals surface area (Å²) in [5.74, 6) is 0.501. The quantitative estimate of drug-likeness (QED) is 0.793. The fourth-order valence-electron chi connectivity index (χ4n) is 4.04. The lowest BCUT2D eigenvalue weighted by molar-refractivity contribution is -0.122. The van der Waals surface area contributed by atoms with Crippen molar-refractivity contribution in [1.82, 2.24) is 9.62 Å². The Morgan fingerprint density at radius 1 is 1.15 bits per heavy atom. The minimum atomic E-state index is -3.57. The lowest BCUT2D eigenvalue weighted by Crippen LogP contribution is -2.45. The van der Waals surface area contributed by atoms with Crippen LogP contribution in [0.25, 0.3) is 0 Å². The van der Waals surface area contributed by atoms with Crippen LogP contribution >= 0.6 is 0 Å². The van der Waals surface area contributed by atoms with Gasteiger partial charge < -0.3 is 4.90 Å². The molecule has 0 radical (unpaired) electrons. The van der Waals surface area contributed by atoms with Gasteiger partial charge in [0.15, 0.2) is 0 Å². The molecule has 2 atom stereocenters. The summed E-state index contributed by atoms with van der Waals surface area (Å²) in [6.07, 6.45) is 1.57. The largest absolute Gasteiger partial charge is 0.333 e. The molecule has 0 spiro atoms. The average Bonchev–Trinajstić information content (AvgIpc) is 2.85. The molecule has 1 saturated heterocycles. The standard InChI is InChI=1S/C20H35N3O3S/c1-12(2)16-15(19(3,4)5)14-10-13(17(24)22-27(9,25)26)11-23(14)18(21-16)20(6,7)8/h12-13,16H,10-11H2,1-9H3,(H,22,24)/t13-,16+/m1/s1. The lowest BCUT2D eigenvalue weighted by atomic mass is 9.75. The summed E-state index contributed by atoms with van der Waals surface area (Å²) in [6, 6.07) is 0.0715. The van der Waals surface area contributed by atoms with Crippen molar-refractivity contribution in [3.8, 4) is 0 Å². The molecule has 2 aliphatic heterocycles. The van der Waals surface area contributed by atoms with Crippen LogP contribution in [-0.4, -0.2) is 43.9 Å². The van der Waals surface area contributed by atoms with Crippen LogP contribution in [0.5, 0.6) is 0 Å². The first kappa shape index (κ1) is 21.9. The number of aliphatic imine (C=N–C) groups is 1. The zero-order valence-corrected chi connectivity index (χ0v) is 19.0. The third-order valence-electron chi connectivity index (χ3n) is 5.06. The SMILES string of the molecule is CC(C)[C@@H]1N=C(C(C)(C)C)N2C[C@H](C(=O)NS(C)(=O)=O)CC2=C1C(C)(C)C. The number of carbonyl (C=O) groups excluding carboxylic acids is 1. The second-order valence-electron chi connectivity index (χ2n) is 10.3. The van der Waals surface area contributed by atoms with Gasteiger partial charge in [-0.2, -0.15) is 0 Å². The van der Waals surface area contributed by atoms with Gasteiger partial charge in [0.25, 0.3) is 0 Å². The van der Waals surface area contributed by atoms with Crippen molar-refractivity contribution in [1.29, 1.82) is 0 Å². The number of amidine groups is 1. The van der Waals surface area contributed by atoms with Crippen LogP contribution in [0.4, 0.5) is 0 Å². The Hall–Kier alpha value is -1.37. The second-order valence-corrected chi connectivity index (χ2v) is 12.0. The minimum Gasteiger partial charge on any atom is -0.333 e. The van der Waals surface area contributed by atoms with E-state index in [0.717, 1.165) is 17.8 Å². The third kappa shape index (κ3) is 4.73. The van der Waals surface area contributed by atoms with E-state index >= 15 is 0 Å². The third-order valence-corrected chi connectivity index (χ3v) is 5.63. The Kier molecular flexibility index (Phi) is 5.61. The van der Waals surface area contributed by atoms with E-state index in [2.05, 4.69) is 65.0 Å². The molecular weight excluding hydrogens is 362 g/mol. The molecule has 2 rings (SSSR count). The molecule has 1 N–H and O–H groups in total. The number of carbonyl (C=O) groups is 1. The molecule has 0 unspecified atom stereocenters. The zero-order valence-electron chi connectivity index (χ0n) is 18.2. The van der Waals surface area contributed by atoms with E-state index in [1.807, 2.05) is 0 Å². The first-order valence-corrected chi connectivity index (χ1v) is 11.5. The number of hydrogen-bond acceptors (Lipinski definition) is 5. The average molecular weight is 398 g/mol. The van der Waals surface area contributed by atoms with Gasteiger partial charge in [0, 0.05) is 24.1 Å². The molecular formula is C20H35N3O3S. The highest BCUT2D eigenvalue weighted by atomic mass is 32.2. The molecule has 0 bridgehead atoms. The minimum absolute atomic E-state index is 0.0715. The summed E-state index contributed by atoms with van der Waals surface area (Å²) in [5, 5.41) is 0. The highest BCUT2D eigenvalue weighted by Crippen LogP contribution is 2.45. The van der Waals surface area contributed by atoms with Gasteiger partial charge in [-0.1, -0.05) is 55.4 Å². The van der Waals surface area contributed by atoms with E-state index in [1.54, 1.807) is 0 Å². The number of sulfonamides is 1. The summed E-state index contributed by atoms with van der Waals surface area (Å²) in [5.41, 5.74) is 2.16. The normalized spacial score (nSPS) is 24.2. The Morgan fingerprint density at radius 3 is 2.11 bits per heavy atom. The monoisotopic (exact) mass is 397 g/mol. The van der Waals surface area contributed by atoms with Crippen molar-refractivity contribution in [2.24, 2.45) is 27.7 Å². The van der Waals surface area contributed by atoms with Crippen molar-refractivity contribution >= 4 is 21.8 Å². The first-order chi connectivity index (χ1) is 12.0. The van der Waals surface area contributed by atoms with E-state index in [-0.39, 0.29) is 16.9 Å². The summed E-state index contributed by atoms with van der Waals surface area (Å²) in [4.78, 5) is 19.9. The van der Waals surface area contributed by atoms with Crippen molar-refractivity contribution in [3.05, 3.63) is 11.3 Å². The van der Waals surface area contributed by atoms with Crippen LogP contribution in [0.1, 0.15) is 61.8 Å². The fourth-order valence-corrected chi connectivity index (χ4v) is 4.58. The van der Waals surface area contributed by atoms with Crippen molar-refractivity contribution in [3.63, 3.8) is 0 Å². The van der Waals surface area contributed by atoms with Crippen LogP contribution in [-0.2, 0) is 14.8 Å². The van der Waals surface area contributed by atoms with Gasteiger partial charge in [0.1, 0.15) is 5.84 Å². The second kappa shape index (κ2) is 6.90. The number of nitrogens with one attached hydrogen (secondary N) is 1. The molecule has 6 nitrogen and oxygen atoms in total. The van der Waals surface area contributed by atoms with Crippen LogP contribution < -0.4 is 4.72 Å². The Morgan fingerprint density at radius 2 is 1.70 bits per heavy atom. The Labute approximate surface area is 164 Å². The summed E-state index contributed by atoms with van der Waals surface area (Å²) < 4.78 is 25.2. The zero-order chi connectivity index (χ0) is 20.9. The van der Waals surface area contributed by atoms with Crippen LogP contribution in [0, 0.1) is 22.7 Å². The van der Waals surface area contributed by atoms with Crippen molar-refractivity contribution < 1.29 is 13.2 Å². The molecule has 27 heavy (non-hydrogen) atoms. The van der Waals surface area contributed by atoms with E-state index in [4.69, 9.17) is 4.99 Å². The molecule has 0 saturated carbocycles. The molecule has 154 valence electrons. The summed E-state index contributed by atoms with van der Waals surface area (Å²) in [7, 11) is -3.57. The molecule has 0 aromatic heterocycles. The predicted octanol–water partition coefficient (Wildman–Crippen LogP) is 3.17. The molecule has 1 fully saturated rings. The van der Waals surface area contributed by atoms with Crippen LogP contribution in [0.3, 0.4) is 0 Å². The van der Waals surface area contributed by atoms with E-state index in [0.29, 0.717) is 18.9 Å². The van der Waals surface area contributed by atoms with Gasteiger partial charge in [-0.05, 0) is 16.9 Å².